The maximum Gasteiger partial charge on any atom is 0.331 e. The van der Waals surface area contributed by atoms with Gasteiger partial charge in [0, 0.05) is 13.1 Å². The van der Waals surface area contributed by atoms with E-state index in [0.29, 0.717) is 24.9 Å². The fourth-order valence-electron chi connectivity index (χ4n) is 2.83. The van der Waals surface area contributed by atoms with Crippen molar-refractivity contribution in [2.45, 2.75) is 50.2 Å². The summed E-state index contributed by atoms with van der Waals surface area (Å²) in [5, 5.41) is 9.24. The largest absolute Gasteiger partial charge is 0.331 e. The highest BCUT2D eigenvalue weighted by Gasteiger charge is 2.46. The predicted octanol–water partition coefficient (Wildman–Crippen LogP) is 0.537. The first-order valence-electron chi connectivity index (χ1n) is 8.01. The summed E-state index contributed by atoms with van der Waals surface area (Å²) in [6, 6.07) is 6.05. The Labute approximate surface area is 144 Å². The molecule has 9 heteroatoms. The number of rotatable bonds is 5. The lowest BCUT2D eigenvalue weighted by atomic mass is 10.2. The first kappa shape index (κ1) is 17.4. The zero-order valence-electron chi connectivity index (χ0n) is 13.9. The van der Waals surface area contributed by atoms with Gasteiger partial charge in [-0.25, -0.2) is 13.2 Å². The molecule has 0 amide bonds. The highest BCUT2D eigenvalue weighted by molar-refractivity contribution is 7.89. The third kappa shape index (κ3) is 2.77. The van der Waals surface area contributed by atoms with Gasteiger partial charge in [-0.15, -0.1) is 0 Å². The van der Waals surface area contributed by atoms with Crippen LogP contribution < -0.4 is 16.0 Å². The lowest BCUT2D eigenvalue weighted by Gasteiger charge is -2.14. The Morgan fingerprint density at radius 3 is 2.36 bits per heavy atom. The minimum Gasteiger partial charge on any atom is -0.293 e. The summed E-state index contributed by atoms with van der Waals surface area (Å²) in [6.07, 6.45) is 0.933. The Morgan fingerprint density at radius 2 is 1.84 bits per heavy atom. The number of nitriles is 1. The van der Waals surface area contributed by atoms with E-state index in [4.69, 9.17) is 5.26 Å². The van der Waals surface area contributed by atoms with E-state index in [1.54, 1.807) is 13.8 Å². The molecule has 0 radical (unpaired) electrons. The summed E-state index contributed by atoms with van der Waals surface area (Å²) >= 11 is 0. The second-order valence-corrected chi connectivity index (χ2v) is 7.74. The Balaban J connectivity index is 2.23. The first-order valence-corrected chi connectivity index (χ1v) is 9.49. The fraction of sp³-hybridized carbons (Fsp3) is 0.438. The van der Waals surface area contributed by atoms with E-state index in [2.05, 4.69) is 4.72 Å². The molecule has 1 aliphatic rings. The summed E-state index contributed by atoms with van der Waals surface area (Å²) in [5.74, 6) is 0. The average Bonchev–Trinajstić information content (AvgIpc) is 3.35. The van der Waals surface area contributed by atoms with Gasteiger partial charge in [0.15, 0.2) is 0 Å². The molecule has 1 fully saturated rings. The van der Waals surface area contributed by atoms with Crippen molar-refractivity contribution >= 4 is 20.9 Å². The van der Waals surface area contributed by atoms with Crippen LogP contribution in [0.1, 0.15) is 26.7 Å². The van der Waals surface area contributed by atoms with Crippen LogP contribution in [0.15, 0.2) is 32.7 Å². The van der Waals surface area contributed by atoms with Crippen molar-refractivity contribution in [3.63, 3.8) is 0 Å². The molecule has 0 aliphatic heterocycles. The summed E-state index contributed by atoms with van der Waals surface area (Å²) in [6.45, 7) is 4.01. The highest BCUT2D eigenvalue weighted by Crippen LogP contribution is 2.36. The number of sulfonamides is 1. The third-order valence-corrected chi connectivity index (χ3v) is 5.97. The van der Waals surface area contributed by atoms with Crippen molar-refractivity contribution in [3.8, 4) is 6.07 Å². The molecule has 1 N–H and O–H groups in total. The molecule has 1 aromatic heterocycles. The molecule has 1 aromatic carbocycles. The van der Waals surface area contributed by atoms with Gasteiger partial charge in [-0.1, -0.05) is 0 Å². The van der Waals surface area contributed by atoms with E-state index in [9.17, 15) is 18.0 Å². The molecule has 3 rings (SSSR count). The smallest absolute Gasteiger partial charge is 0.293 e. The van der Waals surface area contributed by atoms with Crippen LogP contribution in [0.25, 0.3) is 10.9 Å². The van der Waals surface area contributed by atoms with E-state index in [-0.39, 0.29) is 16.8 Å². The maximum absolute atomic E-state index is 12.6. The third-order valence-electron chi connectivity index (χ3n) is 4.43. The number of nitrogens with one attached hydrogen (secondary N) is 1. The van der Waals surface area contributed by atoms with Gasteiger partial charge < -0.3 is 0 Å². The number of hydrogen-bond donors (Lipinski definition) is 1. The lowest BCUT2D eigenvalue weighted by Crippen LogP contribution is -2.39. The summed E-state index contributed by atoms with van der Waals surface area (Å²) in [5.41, 5.74) is -1.59. The van der Waals surface area contributed by atoms with Crippen molar-refractivity contribution in [1.29, 1.82) is 5.26 Å². The van der Waals surface area contributed by atoms with Crippen LogP contribution in [0, 0.1) is 11.3 Å². The topological polar surface area (TPSA) is 114 Å². The molecule has 0 spiro atoms. The fourth-order valence-corrected chi connectivity index (χ4v) is 4.23. The molecule has 1 aliphatic carbocycles. The van der Waals surface area contributed by atoms with E-state index in [0.717, 1.165) is 4.57 Å². The molecular formula is C16H18N4O4S. The molecule has 25 heavy (non-hydrogen) atoms. The number of aromatic nitrogens is 2. The van der Waals surface area contributed by atoms with Crippen LogP contribution in [-0.4, -0.2) is 23.1 Å². The van der Waals surface area contributed by atoms with Crippen molar-refractivity contribution in [1.82, 2.24) is 13.9 Å². The highest BCUT2D eigenvalue weighted by atomic mass is 32.2. The molecule has 0 bridgehead atoms. The normalized spacial score (nSPS) is 15.9. The van der Waals surface area contributed by atoms with Gasteiger partial charge in [0.25, 0.3) is 5.56 Å². The number of nitrogens with zero attached hydrogens (tertiary/aromatic N) is 3. The van der Waals surface area contributed by atoms with Crippen molar-refractivity contribution in [2.24, 2.45) is 0 Å². The van der Waals surface area contributed by atoms with E-state index in [1.165, 1.54) is 22.8 Å². The van der Waals surface area contributed by atoms with Crippen LogP contribution in [0.2, 0.25) is 0 Å². The molecule has 1 heterocycles. The van der Waals surface area contributed by atoms with Crippen molar-refractivity contribution in [2.75, 3.05) is 0 Å². The predicted molar refractivity (Wildman–Crippen MR) is 91.7 cm³/mol. The van der Waals surface area contributed by atoms with Gasteiger partial charge in [0.1, 0.15) is 5.54 Å². The summed E-state index contributed by atoms with van der Waals surface area (Å²) in [4.78, 5) is 24.8. The van der Waals surface area contributed by atoms with Gasteiger partial charge >= 0.3 is 5.69 Å². The number of aryl methyl sites for hydroxylation is 1. The van der Waals surface area contributed by atoms with E-state index in [1.807, 2.05) is 6.07 Å². The SMILES string of the molecule is CCn1c(=O)c2cc(S(=O)(=O)NC3(C#N)CC3)ccc2n(CC)c1=O. The van der Waals surface area contributed by atoms with Gasteiger partial charge in [-0.2, -0.15) is 9.98 Å². The van der Waals surface area contributed by atoms with Gasteiger partial charge in [-0.05, 0) is 44.9 Å². The quantitative estimate of drug-likeness (QED) is 0.834. The van der Waals surface area contributed by atoms with Crippen LogP contribution in [0.4, 0.5) is 0 Å². The summed E-state index contributed by atoms with van der Waals surface area (Å²) < 4.78 is 30.0. The molecule has 0 unspecified atom stereocenters. The molecule has 2 aromatic rings. The van der Waals surface area contributed by atoms with Gasteiger partial charge in [0.05, 0.1) is 21.9 Å². The minimum atomic E-state index is -3.93. The van der Waals surface area contributed by atoms with E-state index < -0.39 is 26.8 Å². The van der Waals surface area contributed by atoms with E-state index >= 15 is 0 Å². The summed E-state index contributed by atoms with van der Waals surface area (Å²) in [7, 11) is -3.93. The van der Waals surface area contributed by atoms with Crippen LogP contribution in [-0.2, 0) is 23.1 Å². The maximum atomic E-state index is 12.6. The molecular weight excluding hydrogens is 344 g/mol. The first-order chi connectivity index (χ1) is 11.8. The monoisotopic (exact) mass is 362 g/mol. The number of fused-ring (bicyclic) bond motifs is 1. The van der Waals surface area contributed by atoms with Gasteiger partial charge in [0.2, 0.25) is 10.0 Å². The molecule has 132 valence electrons. The zero-order chi connectivity index (χ0) is 18.4. The second-order valence-electron chi connectivity index (χ2n) is 6.05. The van der Waals surface area contributed by atoms with Crippen LogP contribution in [0.5, 0.6) is 0 Å². The molecule has 0 saturated heterocycles. The standard InChI is InChI=1S/C16H18N4O4S/c1-3-19-13-6-5-11(25(23,24)18-16(10-17)7-8-16)9-12(13)14(21)20(4-2)15(19)22/h5-6,9,18H,3-4,7-8H2,1-2H3. The minimum absolute atomic E-state index is 0.0948. The van der Waals surface area contributed by atoms with Crippen molar-refractivity contribution < 1.29 is 8.42 Å². The Hall–Kier alpha value is -2.44. The van der Waals surface area contributed by atoms with Gasteiger partial charge in [-0.3, -0.25) is 13.9 Å². The molecule has 1 saturated carbocycles. The van der Waals surface area contributed by atoms with Crippen LogP contribution in [0.3, 0.4) is 0 Å². The molecule has 8 nitrogen and oxygen atoms in total. The van der Waals surface area contributed by atoms with Crippen molar-refractivity contribution in [3.05, 3.63) is 39.0 Å². The lowest BCUT2D eigenvalue weighted by molar-refractivity contribution is 0.571. The molecule has 0 atom stereocenters. The van der Waals surface area contributed by atoms with Crippen LogP contribution >= 0.6 is 0 Å². The zero-order valence-corrected chi connectivity index (χ0v) is 14.8. The average molecular weight is 362 g/mol. The number of benzene rings is 1. The Morgan fingerprint density at radius 1 is 1.20 bits per heavy atom. The number of hydrogen-bond acceptors (Lipinski definition) is 5. The second kappa shape index (κ2) is 5.82. The Kier molecular flexibility index (Phi) is 4.05. The Bertz CT molecular complexity index is 1120.